The molecule has 34 heavy (non-hydrogen) atoms. The summed E-state index contributed by atoms with van der Waals surface area (Å²) in [4.78, 5) is 13.0. The number of thioether (sulfide) groups is 1. The fourth-order valence-electron chi connectivity index (χ4n) is 4.95. The molecule has 0 bridgehead atoms. The van der Waals surface area contributed by atoms with Crippen LogP contribution < -0.4 is 5.73 Å². The number of nitrogens with two attached hydrogens (primary N) is 1. The Morgan fingerprint density at radius 1 is 1.29 bits per heavy atom. The topological polar surface area (TPSA) is 97.2 Å². The van der Waals surface area contributed by atoms with Crippen LogP contribution in [0.15, 0.2) is 41.7 Å². The third-order valence-corrected chi connectivity index (χ3v) is 7.82. The normalized spacial score (nSPS) is 25.5. The molecule has 2 N–H and O–H groups in total. The maximum atomic E-state index is 15.2. The van der Waals surface area contributed by atoms with E-state index in [1.807, 2.05) is 6.07 Å². The molecule has 1 aliphatic carbocycles. The van der Waals surface area contributed by atoms with Gasteiger partial charge in [-0.1, -0.05) is 11.8 Å². The van der Waals surface area contributed by atoms with E-state index in [2.05, 4.69) is 15.0 Å². The molecule has 0 spiro atoms. The van der Waals surface area contributed by atoms with E-state index in [-0.39, 0.29) is 23.1 Å². The molecule has 0 radical (unpaired) electrons. The summed E-state index contributed by atoms with van der Waals surface area (Å²) in [5, 5.41) is 9.94. The minimum Gasteiger partial charge on any atom is -0.383 e. The summed E-state index contributed by atoms with van der Waals surface area (Å²) in [6.07, 6.45) is 3.66. The number of nitriles is 1. The number of fused-ring (bicyclic) bond motifs is 2. The molecular formula is C24H20F3N5OS. The number of rotatable bonds is 6. The van der Waals surface area contributed by atoms with Gasteiger partial charge >= 0.3 is 0 Å². The fraction of sp³-hybridized carbons (Fsp3) is 0.333. The number of benzene rings is 1. The number of hydrogen-bond donors (Lipinski definition) is 1. The SMILES string of the molecule is COC[C@@]12C[C@@H]1[C@@](CF)(c1cc(Cc3nccc4cc(C#N)cnc34)cc(F)c1F)N=C(N)S2. The summed E-state index contributed by atoms with van der Waals surface area (Å²) in [5.74, 6) is -2.61. The molecule has 0 unspecified atom stereocenters. The van der Waals surface area contributed by atoms with Crippen molar-refractivity contribution >= 4 is 27.8 Å². The zero-order chi connectivity index (χ0) is 24.1. The van der Waals surface area contributed by atoms with E-state index < -0.39 is 28.6 Å². The van der Waals surface area contributed by atoms with Gasteiger partial charge in [0, 0.05) is 42.8 Å². The number of methoxy groups -OCH3 is 1. The lowest BCUT2D eigenvalue weighted by atomic mass is 9.83. The van der Waals surface area contributed by atoms with Crippen molar-refractivity contribution in [3.05, 3.63) is 70.7 Å². The van der Waals surface area contributed by atoms with Crippen molar-refractivity contribution in [3.8, 4) is 6.07 Å². The fourth-order valence-corrected chi connectivity index (χ4v) is 6.34. The van der Waals surface area contributed by atoms with Gasteiger partial charge in [0.1, 0.15) is 18.3 Å². The van der Waals surface area contributed by atoms with Gasteiger partial charge in [0.2, 0.25) is 0 Å². The van der Waals surface area contributed by atoms with Crippen molar-refractivity contribution < 1.29 is 17.9 Å². The second kappa shape index (κ2) is 8.25. The molecule has 1 saturated carbocycles. The minimum absolute atomic E-state index is 0.127. The summed E-state index contributed by atoms with van der Waals surface area (Å²) >= 11 is 1.30. The van der Waals surface area contributed by atoms with Gasteiger partial charge in [-0.2, -0.15) is 5.26 Å². The van der Waals surface area contributed by atoms with Gasteiger partial charge < -0.3 is 10.5 Å². The lowest BCUT2D eigenvalue weighted by Gasteiger charge is -2.35. The van der Waals surface area contributed by atoms with Crippen molar-refractivity contribution in [1.29, 1.82) is 5.26 Å². The highest BCUT2D eigenvalue weighted by molar-refractivity contribution is 8.15. The Morgan fingerprint density at radius 2 is 2.12 bits per heavy atom. The number of amidine groups is 1. The highest BCUT2D eigenvalue weighted by Crippen LogP contribution is 2.66. The predicted octanol–water partition coefficient (Wildman–Crippen LogP) is 4.00. The number of aromatic nitrogens is 2. The molecule has 5 rings (SSSR count). The molecule has 1 aliphatic heterocycles. The Kier molecular flexibility index (Phi) is 5.49. The van der Waals surface area contributed by atoms with Gasteiger partial charge in [0.05, 0.1) is 28.1 Å². The van der Waals surface area contributed by atoms with Crippen LogP contribution in [0.3, 0.4) is 0 Å². The lowest BCUT2D eigenvalue weighted by molar-refractivity contribution is 0.176. The number of hydrogen-bond acceptors (Lipinski definition) is 7. The molecule has 2 aliphatic rings. The highest BCUT2D eigenvalue weighted by Gasteiger charge is 2.68. The summed E-state index contributed by atoms with van der Waals surface area (Å²) in [5.41, 5.74) is 6.12. The molecule has 2 aromatic heterocycles. The monoisotopic (exact) mass is 483 g/mol. The number of aliphatic imine (C=N–C) groups is 1. The van der Waals surface area contributed by atoms with Crippen molar-refractivity contribution in [3.63, 3.8) is 0 Å². The number of pyridine rings is 2. The van der Waals surface area contributed by atoms with Gasteiger partial charge in [0.25, 0.3) is 0 Å². The summed E-state index contributed by atoms with van der Waals surface area (Å²) in [6, 6.07) is 7.97. The second-order valence-corrected chi connectivity index (χ2v) is 10.1. The van der Waals surface area contributed by atoms with E-state index in [0.717, 1.165) is 6.07 Å². The van der Waals surface area contributed by atoms with Crippen LogP contribution in [0.5, 0.6) is 0 Å². The van der Waals surface area contributed by atoms with Gasteiger partial charge in [-0.15, -0.1) is 0 Å². The van der Waals surface area contributed by atoms with Gasteiger partial charge in [0.15, 0.2) is 16.8 Å². The summed E-state index contributed by atoms with van der Waals surface area (Å²) in [7, 11) is 1.54. The first-order valence-corrected chi connectivity index (χ1v) is 11.4. The summed E-state index contributed by atoms with van der Waals surface area (Å²) < 4.78 is 49.4. The van der Waals surface area contributed by atoms with Crippen molar-refractivity contribution in [2.24, 2.45) is 16.6 Å². The molecule has 6 nitrogen and oxygen atoms in total. The average Bonchev–Trinajstić information content (AvgIpc) is 3.55. The summed E-state index contributed by atoms with van der Waals surface area (Å²) in [6.45, 7) is -0.713. The van der Waals surface area contributed by atoms with Gasteiger partial charge in [-0.25, -0.2) is 18.2 Å². The first-order valence-electron chi connectivity index (χ1n) is 10.6. The Hall–Kier alpha value is -3.16. The third kappa shape index (κ3) is 3.51. The molecule has 174 valence electrons. The number of alkyl halides is 1. The van der Waals surface area contributed by atoms with Gasteiger partial charge in [-0.3, -0.25) is 9.97 Å². The van der Waals surface area contributed by atoms with Crippen LogP contribution in [0.25, 0.3) is 10.9 Å². The Labute approximate surface area is 198 Å². The highest BCUT2D eigenvalue weighted by atomic mass is 32.2. The third-order valence-electron chi connectivity index (χ3n) is 6.54. The molecule has 10 heteroatoms. The van der Waals surface area contributed by atoms with Crippen LogP contribution in [0, 0.1) is 28.9 Å². The molecule has 3 heterocycles. The Morgan fingerprint density at radius 3 is 2.85 bits per heavy atom. The van der Waals surface area contributed by atoms with E-state index in [1.165, 1.54) is 31.1 Å². The maximum absolute atomic E-state index is 15.2. The molecular weight excluding hydrogens is 463 g/mol. The van der Waals surface area contributed by atoms with E-state index in [4.69, 9.17) is 15.7 Å². The van der Waals surface area contributed by atoms with E-state index >= 15 is 4.39 Å². The zero-order valence-corrected chi connectivity index (χ0v) is 19.0. The quantitative estimate of drug-likeness (QED) is 0.569. The van der Waals surface area contributed by atoms with E-state index in [0.29, 0.717) is 40.8 Å². The van der Waals surface area contributed by atoms with Crippen LogP contribution in [0.4, 0.5) is 13.2 Å². The number of nitrogens with zero attached hydrogens (tertiary/aromatic N) is 4. The minimum atomic E-state index is -1.62. The smallest absolute Gasteiger partial charge is 0.164 e. The van der Waals surface area contributed by atoms with Gasteiger partial charge in [-0.05, 0) is 36.2 Å². The largest absolute Gasteiger partial charge is 0.383 e. The first kappa shape index (κ1) is 22.6. The Balaban J connectivity index is 1.59. The van der Waals surface area contributed by atoms with Crippen LogP contribution >= 0.6 is 11.8 Å². The second-order valence-electron chi connectivity index (χ2n) is 8.65. The first-order chi connectivity index (χ1) is 16.4. The van der Waals surface area contributed by atoms with E-state index in [1.54, 1.807) is 18.3 Å². The van der Waals surface area contributed by atoms with Crippen LogP contribution in [0.2, 0.25) is 0 Å². The molecule has 1 fully saturated rings. The standard InChI is InChI=1S/C24H20F3N5OS/c1-33-12-23-8-19(23)24(11-25,32-22(29)34-23)16-5-13(6-17(26)20(16)27)7-18-21-15(2-3-30-18)4-14(9-28)10-31-21/h2-6,10,19H,7-8,11-12H2,1H3,(H2,29,32)/t19-,23-,24+/m0/s1. The maximum Gasteiger partial charge on any atom is 0.164 e. The number of ether oxygens (including phenoxy) is 1. The molecule has 3 aromatic rings. The Bertz CT molecular complexity index is 1380. The molecule has 0 amide bonds. The predicted molar refractivity (Wildman–Crippen MR) is 123 cm³/mol. The van der Waals surface area contributed by atoms with Crippen molar-refractivity contribution in [1.82, 2.24) is 9.97 Å². The molecule has 3 atom stereocenters. The van der Waals surface area contributed by atoms with Crippen molar-refractivity contribution in [2.45, 2.75) is 23.1 Å². The van der Waals surface area contributed by atoms with E-state index in [9.17, 15) is 8.78 Å². The lowest BCUT2D eigenvalue weighted by Crippen LogP contribution is -2.41. The van der Waals surface area contributed by atoms with Crippen LogP contribution in [-0.2, 0) is 16.7 Å². The molecule has 1 aromatic carbocycles. The average molecular weight is 484 g/mol. The van der Waals surface area contributed by atoms with Crippen LogP contribution in [0.1, 0.15) is 28.8 Å². The number of halogens is 3. The van der Waals surface area contributed by atoms with Crippen LogP contribution in [-0.4, -0.2) is 40.3 Å². The zero-order valence-electron chi connectivity index (χ0n) is 18.2. The molecule has 0 saturated heterocycles. The van der Waals surface area contributed by atoms with Crippen molar-refractivity contribution in [2.75, 3.05) is 20.4 Å².